The Morgan fingerprint density at radius 3 is 2.28 bits per heavy atom. The van der Waals surface area contributed by atoms with E-state index in [9.17, 15) is 30.0 Å². The zero-order valence-corrected chi connectivity index (χ0v) is 13.1. The molecular weight excluding hydrogens is 326 g/mol. The van der Waals surface area contributed by atoms with Crippen molar-refractivity contribution in [1.29, 1.82) is 0 Å². The van der Waals surface area contributed by atoms with Gasteiger partial charge in [-0.25, -0.2) is 4.79 Å². The molecule has 0 aliphatic heterocycles. The maximum absolute atomic E-state index is 11.9. The lowest BCUT2D eigenvalue weighted by Gasteiger charge is -2.13. The summed E-state index contributed by atoms with van der Waals surface area (Å²) < 4.78 is 0. The van der Waals surface area contributed by atoms with Crippen LogP contribution < -0.4 is 5.32 Å². The number of aromatic hydroxyl groups is 3. The third kappa shape index (κ3) is 5.28. The number of rotatable bonds is 6. The second-order valence-electron chi connectivity index (χ2n) is 5.35. The summed E-state index contributed by atoms with van der Waals surface area (Å²) in [4.78, 5) is 23.2. The van der Waals surface area contributed by atoms with Crippen LogP contribution in [0.3, 0.4) is 0 Å². The number of carbonyl (C=O) groups is 2. The zero-order valence-electron chi connectivity index (χ0n) is 13.1. The SMILES string of the molecule is O=C(/C=C/c1ccc(O)c(O)c1)N[C@@H](Cc1ccc(O)cc1)C(=O)O. The van der Waals surface area contributed by atoms with Gasteiger partial charge in [-0.15, -0.1) is 0 Å². The van der Waals surface area contributed by atoms with Crippen molar-refractivity contribution in [2.24, 2.45) is 0 Å². The summed E-state index contributed by atoms with van der Waals surface area (Å²) in [5.74, 6) is -2.32. The Bertz CT molecular complexity index is 798. The molecule has 0 aromatic heterocycles. The smallest absolute Gasteiger partial charge is 0.326 e. The van der Waals surface area contributed by atoms with Crippen LogP contribution in [0, 0.1) is 0 Å². The standard InChI is InChI=1S/C18H17NO6/c20-13-5-1-11(2-6-13)9-14(18(24)25)19-17(23)8-4-12-3-7-15(21)16(22)10-12/h1-8,10,14,20-22H,9H2,(H,19,23)(H,24,25)/b8-4+/t14-/m0/s1. The van der Waals surface area contributed by atoms with E-state index in [1.807, 2.05) is 0 Å². The predicted octanol–water partition coefficient (Wildman–Crippen LogP) is 1.63. The molecule has 2 rings (SSSR count). The molecule has 0 bridgehead atoms. The van der Waals surface area contributed by atoms with E-state index in [1.165, 1.54) is 36.4 Å². The summed E-state index contributed by atoms with van der Waals surface area (Å²) in [5, 5.41) is 39.5. The molecule has 0 heterocycles. The molecule has 25 heavy (non-hydrogen) atoms. The molecule has 5 N–H and O–H groups in total. The van der Waals surface area contributed by atoms with Gasteiger partial charge in [-0.3, -0.25) is 4.79 Å². The minimum absolute atomic E-state index is 0.0647. The molecule has 7 nitrogen and oxygen atoms in total. The Kier molecular flexibility index (Phi) is 5.62. The molecule has 2 aromatic rings. The monoisotopic (exact) mass is 343 g/mol. The van der Waals surface area contributed by atoms with Gasteiger partial charge in [0.1, 0.15) is 11.8 Å². The van der Waals surface area contributed by atoms with Crippen LogP contribution in [-0.4, -0.2) is 38.3 Å². The first-order valence-corrected chi connectivity index (χ1v) is 7.36. The van der Waals surface area contributed by atoms with Crippen LogP contribution in [-0.2, 0) is 16.0 Å². The Hall–Kier alpha value is -3.48. The lowest BCUT2D eigenvalue weighted by atomic mass is 10.1. The highest BCUT2D eigenvalue weighted by Gasteiger charge is 2.19. The van der Waals surface area contributed by atoms with Crippen LogP contribution in [0.1, 0.15) is 11.1 Å². The van der Waals surface area contributed by atoms with E-state index in [4.69, 9.17) is 0 Å². The maximum Gasteiger partial charge on any atom is 0.326 e. The van der Waals surface area contributed by atoms with Gasteiger partial charge in [-0.05, 0) is 41.5 Å². The Labute approximate surface area is 143 Å². The average molecular weight is 343 g/mol. The van der Waals surface area contributed by atoms with Crippen LogP contribution in [0.5, 0.6) is 17.2 Å². The number of carboxylic acids is 1. The van der Waals surface area contributed by atoms with Gasteiger partial charge in [0.2, 0.25) is 5.91 Å². The molecule has 0 aliphatic carbocycles. The van der Waals surface area contributed by atoms with Gasteiger partial charge in [-0.1, -0.05) is 18.2 Å². The number of carboxylic acid groups (broad SMARTS) is 1. The molecule has 0 saturated heterocycles. The number of amides is 1. The molecular formula is C18H17NO6. The second-order valence-corrected chi connectivity index (χ2v) is 5.35. The highest BCUT2D eigenvalue weighted by atomic mass is 16.4. The molecule has 130 valence electrons. The molecule has 0 fully saturated rings. The lowest BCUT2D eigenvalue weighted by Crippen LogP contribution is -2.41. The van der Waals surface area contributed by atoms with Gasteiger partial charge < -0.3 is 25.7 Å². The summed E-state index contributed by atoms with van der Waals surface area (Å²) in [6.45, 7) is 0. The number of aliphatic carboxylic acids is 1. The predicted molar refractivity (Wildman–Crippen MR) is 90.2 cm³/mol. The lowest BCUT2D eigenvalue weighted by molar-refractivity contribution is -0.141. The summed E-state index contributed by atoms with van der Waals surface area (Å²) in [6.07, 6.45) is 2.59. The fourth-order valence-electron chi connectivity index (χ4n) is 2.10. The van der Waals surface area contributed by atoms with Gasteiger partial charge in [0, 0.05) is 12.5 Å². The molecule has 0 radical (unpaired) electrons. The van der Waals surface area contributed by atoms with E-state index in [1.54, 1.807) is 12.1 Å². The molecule has 0 aliphatic rings. The minimum Gasteiger partial charge on any atom is -0.508 e. The summed E-state index contributed by atoms with van der Waals surface area (Å²) in [6, 6.07) is 8.93. The van der Waals surface area contributed by atoms with E-state index in [2.05, 4.69) is 5.32 Å². The largest absolute Gasteiger partial charge is 0.508 e. The minimum atomic E-state index is -1.18. The van der Waals surface area contributed by atoms with Crippen LogP contribution in [0.15, 0.2) is 48.5 Å². The normalized spacial score (nSPS) is 12.0. The van der Waals surface area contributed by atoms with Gasteiger partial charge in [0.05, 0.1) is 0 Å². The van der Waals surface area contributed by atoms with Crippen molar-refractivity contribution in [3.05, 3.63) is 59.7 Å². The Morgan fingerprint density at radius 2 is 1.68 bits per heavy atom. The van der Waals surface area contributed by atoms with E-state index in [-0.39, 0.29) is 23.7 Å². The summed E-state index contributed by atoms with van der Waals surface area (Å²) in [7, 11) is 0. The average Bonchev–Trinajstić information content (AvgIpc) is 2.57. The van der Waals surface area contributed by atoms with Gasteiger partial charge in [-0.2, -0.15) is 0 Å². The number of phenolic OH excluding ortho intramolecular Hbond substituents is 3. The highest BCUT2D eigenvalue weighted by molar-refractivity contribution is 5.94. The molecule has 1 amide bonds. The first-order chi connectivity index (χ1) is 11.8. The van der Waals surface area contributed by atoms with Gasteiger partial charge in [0.25, 0.3) is 0 Å². The molecule has 0 unspecified atom stereocenters. The van der Waals surface area contributed by atoms with E-state index < -0.39 is 17.9 Å². The number of hydrogen-bond acceptors (Lipinski definition) is 5. The Balaban J connectivity index is 2.01. The number of carbonyl (C=O) groups excluding carboxylic acids is 1. The highest BCUT2D eigenvalue weighted by Crippen LogP contribution is 2.25. The number of nitrogens with one attached hydrogen (secondary N) is 1. The van der Waals surface area contributed by atoms with E-state index >= 15 is 0 Å². The van der Waals surface area contributed by atoms with Crippen molar-refractivity contribution in [3.63, 3.8) is 0 Å². The van der Waals surface area contributed by atoms with Crippen LogP contribution >= 0.6 is 0 Å². The fraction of sp³-hybridized carbons (Fsp3) is 0.111. The van der Waals surface area contributed by atoms with Crippen molar-refractivity contribution in [2.75, 3.05) is 0 Å². The van der Waals surface area contributed by atoms with Crippen LogP contribution in [0.4, 0.5) is 0 Å². The molecule has 0 spiro atoms. The number of phenols is 3. The van der Waals surface area contributed by atoms with Crippen LogP contribution in [0.2, 0.25) is 0 Å². The van der Waals surface area contributed by atoms with E-state index in [0.717, 1.165) is 6.08 Å². The molecule has 0 saturated carbocycles. The van der Waals surface area contributed by atoms with Crippen molar-refractivity contribution in [2.45, 2.75) is 12.5 Å². The molecule has 7 heteroatoms. The van der Waals surface area contributed by atoms with E-state index in [0.29, 0.717) is 11.1 Å². The quantitative estimate of drug-likeness (QED) is 0.401. The first kappa shape index (κ1) is 17.9. The summed E-state index contributed by atoms with van der Waals surface area (Å²) in [5.41, 5.74) is 1.12. The van der Waals surface area contributed by atoms with Crippen molar-refractivity contribution < 1.29 is 30.0 Å². The van der Waals surface area contributed by atoms with Crippen LogP contribution in [0.25, 0.3) is 6.08 Å². The summed E-state index contributed by atoms with van der Waals surface area (Å²) >= 11 is 0. The number of benzene rings is 2. The Morgan fingerprint density at radius 1 is 1.00 bits per heavy atom. The zero-order chi connectivity index (χ0) is 18.4. The third-order valence-corrected chi connectivity index (χ3v) is 3.42. The maximum atomic E-state index is 11.9. The van der Waals surface area contributed by atoms with Crippen molar-refractivity contribution in [3.8, 4) is 17.2 Å². The van der Waals surface area contributed by atoms with Gasteiger partial charge in [0.15, 0.2) is 11.5 Å². The second kappa shape index (κ2) is 7.87. The molecule has 1 atom stereocenters. The van der Waals surface area contributed by atoms with Gasteiger partial charge >= 0.3 is 5.97 Å². The topological polar surface area (TPSA) is 127 Å². The third-order valence-electron chi connectivity index (χ3n) is 3.42. The van der Waals surface area contributed by atoms with Crippen molar-refractivity contribution in [1.82, 2.24) is 5.32 Å². The first-order valence-electron chi connectivity index (χ1n) is 7.36. The fourth-order valence-corrected chi connectivity index (χ4v) is 2.10. The molecule has 2 aromatic carbocycles. The number of hydrogen-bond donors (Lipinski definition) is 5. The van der Waals surface area contributed by atoms with Crippen molar-refractivity contribution >= 4 is 18.0 Å².